The summed E-state index contributed by atoms with van der Waals surface area (Å²) in [7, 11) is -1.27. The summed E-state index contributed by atoms with van der Waals surface area (Å²) in [6.07, 6.45) is -0.752. The summed E-state index contributed by atoms with van der Waals surface area (Å²) in [5.41, 5.74) is 1.57. The van der Waals surface area contributed by atoms with E-state index in [1.807, 2.05) is 51.1 Å². The third-order valence-electron chi connectivity index (χ3n) is 5.60. The molecule has 208 valence electrons. The second-order valence-corrected chi connectivity index (χ2v) is 17.1. The maximum absolute atomic E-state index is 13.0. The SMILES string of the molecule is CC(C)(C)OC(=O)C(COCC[Si](C)(C)C)c1ccc(C[C@H](NC(=O)OCc2ccccc2)C(=O)O)cc1. The molecular formula is C29H41NO7Si. The van der Waals surface area contributed by atoms with Gasteiger partial charge in [-0.2, -0.15) is 0 Å². The van der Waals surface area contributed by atoms with E-state index in [2.05, 4.69) is 25.0 Å². The molecule has 0 saturated carbocycles. The molecule has 0 aromatic heterocycles. The molecular weight excluding hydrogens is 502 g/mol. The zero-order valence-electron chi connectivity index (χ0n) is 23.3. The first-order valence-electron chi connectivity index (χ1n) is 12.8. The van der Waals surface area contributed by atoms with Crippen molar-refractivity contribution in [2.45, 2.75) is 77.0 Å². The van der Waals surface area contributed by atoms with Crippen molar-refractivity contribution in [3.8, 4) is 0 Å². The first-order valence-corrected chi connectivity index (χ1v) is 16.5. The molecule has 2 atom stereocenters. The normalized spacial score (nSPS) is 13.3. The van der Waals surface area contributed by atoms with Crippen LogP contribution in [0.3, 0.4) is 0 Å². The van der Waals surface area contributed by atoms with Crippen molar-refractivity contribution in [3.63, 3.8) is 0 Å². The average molecular weight is 544 g/mol. The Balaban J connectivity index is 2.04. The van der Waals surface area contributed by atoms with E-state index in [0.29, 0.717) is 12.2 Å². The molecule has 0 saturated heterocycles. The molecule has 0 aliphatic heterocycles. The largest absolute Gasteiger partial charge is 0.480 e. The van der Waals surface area contributed by atoms with Gasteiger partial charge >= 0.3 is 18.0 Å². The number of carboxylic acids is 1. The third-order valence-corrected chi connectivity index (χ3v) is 7.30. The van der Waals surface area contributed by atoms with Crippen molar-refractivity contribution in [2.75, 3.05) is 13.2 Å². The predicted molar refractivity (Wildman–Crippen MR) is 149 cm³/mol. The number of carbonyl (C=O) groups is 3. The van der Waals surface area contributed by atoms with E-state index in [4.69, 9.17) is 14.2 Å². The van der Waals surface area contributed by atoms with Crippen molar-refractivity contribution < 1.29 is 33.7 Å². The molecule has 1 amide bonds. The lowest BCUT2D eigenvalue weighted by molar-refractivity contribution is -0.158. The fourth-order valence-electron chi connectivity index (χ4n) is 3.48. The minimum Gasteiger partial charge on any atom is -0.480 e. The molecule has 0 bridgehead atoms. The number of hydrogen-bond donors (Lipinski definition) is 2. The number of amides is 1. The maximum Gasteiger partial charge on any atom is 0.408 e. The molecule has 1 unspecified atom stereocenters. The van der Waals surface area contributed by atoms with Gasteiger partial charge < -0.3 is 24.6 Å². The Hall–Kier alpha value is -3.17. The number of nitrogens with one attached hydrogen (secondary N) is 1. The number of esters is 1. The summed E-state index contributed by atoms with van der Waals surface area (Å²) in [6.45, 7) is 13.1. The Kier molecular flexibility index (Phi) is 11.5. The highest BCUT2D eigenvalue weighted by Crippen LogP contribution is 2.23. The maximum atomic E-state index is 13.0. The van der Waals surface area contributed by atoms with E-state index in [1.165, 1.54) is 0 Å². The third kappa shape index (κ3) is 11.9. The minimum atomic E-state index is -1.27. The number of carbonyl (C=O) groups excluding carboxylic acids is 2. The van der Waals surface area contributed by atoms with Gasteiger partial charge in [-0.05, 0) is 43.5 Å². The van der Waals surface area contributed by atoms with Gasteiger partial charge in [0.05, 0.1) is 6.61 Å². The van der Waals surface area contributed by atoms with Gasteiger partial charge in [-0.3, -0.25) is 4.79 Å². The van der Waals surface area contributed by atoms with Crippen molar-refractivity contribution in [1.29, 1.82) is 0 Å². The van der Waals surface area contributed by atoms with Gasteiger partial charge in [0.25, 0.3) is 0 Å². The lowest BCUT2D eigenvalue weighted by atomic mass is 9.96. The number of hydrogen-bond acceptors (Lipinski definition) is 6. The molecule has 0 radical (unpaired) electrons. The fraction of sp³-hybridized carbons (Fsp3) is 0.483. The van der Waals surface area contributed by atoms with Crippen LogP contribution in [0.25, 0.3) is 0 Å². The van der Waals surface area contributed by atoms with Crippen LogP contribution in [0.2, 0.25) is 25.7 Å². The van der Waals surface area contributed by atoms with E-state index in [1.54, 1.807) is 24.3 Å². The predicted octanol–water partition coefficient (Wildman–Crippen LogP) is 5.39. The van der Waals surface area contributed by atoms with Gasteiger partial charge in [-0.1, -0.05) is 74.2 Å². The standard InChI is InChI=1S/C29H41NO7Si/c1-29(2,3)37-27(33)24(20-35-16-17-38(4,5)6)23-14-12-21(13-15-23)18-25(26(31)32)30-28(34)36-19-22-10-8-7-9-11-22/h7-15,24-25H,16-20H2,1-6H3,(H,30,34)(H,31,32)/t24?,25-/m0/s1. The second-order valence-electron chi connectivity index (χ2n) is 11.5. The van der Waals surface area contributed by atoms with Crippen LogP contribution in [0.5, 0.6) is 0 Å². The Labute approximate surface area is 226 Å². The van der Waals surface area contributed by atoms with Crippen LogP contribution in [-0.4, -0.2) is 56.1 Å². The second kappa shape index (κ2) is 14.1. The molecule has 38 heavy (non-hydrogen) atoms. The van der Waals surface area contributed by atoms with Gasteiger partial charge in [0, 0.05) is 21.1 Å². The van der Waals surface area contributed by atoms with Gasteiger partial charge in [0.2, 0.25) is 0 Å². The Morgan fingerprint density at radius 3 is 2.13 bits per heavy atom. The topological polar surface area (TPSA) is 111 Å². The highest BCUT2D eigenvalue weighted by Gasteiger charge is 2.28. The van der Waals surface area contributed by atoms with Crippen LogP contribution in [0.4, 0.5) is 4.79 Å². The summed E-state index contributed by atoms with van der Waals surface area (Å²) in [4.78, 5) is 36.9. The van der Waals surface area contributed by atoms with E-state index < -0.39 is 37.7 Å². The molecule has 8 nitrogen and oxygen atoms in total. The van der Waals surface area contributed by atoms with Crippen LogP contribution < -0.4 is 5.32 Å². The number of aliphatic carboxylic acids is 1. The lowest BCUT2D eigenvalue weighted by Crippen LogP contribution is -2.42. The average Bonchev–Trinajstić information content (AvgIpc) is 2.82. The van der Waals surface area contributed by atoms with E-state index in [0.717, 1.165) is 17.2 Å². The highest BCUT2D eigenvalue weighted by atomic mass is 28.3. The Bertz CT molecular complexity index is 1040. The van der Waals surface area contributed by atoms with Crippen molar-refractivity contribution in [3.05, 3.63) is 71.3 Å². The zero-order chi connectivity index (χ0) is 28.3. The molecule has 0 aliphatic carbocycles. The van der Waals surface area contributed by atoms with Crippen molar-refractivity contribution in [1.82, 2.24) is 5.32 Å². The number of benzene rings is 2. The van der Waals surface area contributed by atoms with Crippen LogP contribution in [-0.2, 0) is 36.8 Å². The number of ether oxygens (including phenoxy) is 3. The first-order chi connectivity index (χ1) is 17.7. The fourth-order valence-corrected chi connectivity index (χ4v) is 4.24. The summed E-state index contributed by atoms with van der Waals surface area (Å²) >= 11 is 0. The molecule has 0 spiro atoms. The van der Waals surface area contributed by atoms with Crippen molar-refractivity contribution >= 4 is 26.1 Å². The van der Waals surface area contributed by atoms with Crippen LogP contribution in [0.15, 0.2) is 54.6 Å². The lowest BCUT2D eigenvalue weighted by Gasteiger charge is -2.25. The van der Waals surface area contributed by atoms with E-state index in [-0.39, 0.29) is 25.6 Å². The molecule has 9 heteroatoms. The Morgan fingerprint density at radius 2 is 1.58 bits per heavy atom. The highest BCUT2D eigenvalue weighted by molar-refractivity contribution is 6.76. The molecule has 2 aromatic rings. The first kappa shape index (κ1) is 31.0. The van der Waals surface area contributed by atoms with Crippen LogP contribution in [0.1, 0.15) is 43.4 Å². The Morgan fingerprint density at radius 1 is 0.947 bits per heavy atom. The van der Waals surface area contributed by atoms with Gasteiger partial charge in [-0.25, -0.2) is 9.59 Å². The number of alkyl carbamates (subject to hydrolysis) is 1. The van der Waals surface area contributed by atoms with E-state index >= 15 is 0 Å². The van der Waals surface area contributed by atoms with Gasteiger partial charge in [0.15, 0.2) is 0 Å². The molecule has 2 aromatic carbocycles. The quantitative estimate of drug-likeness (QED) is 0.198. The zero-order valence-corrected chi connectivity index (χ0v) is 24.3. The van der Waals surface area contributed by atoms with Crippen LogP contribution in [0, 0.1) is 0 Å². The molecule has 0 fully saturated rings. The van der Waals surface area contributed by atoms with Crippen molar-refractivity contribution in [2.24, 2.45) is 0 Å². The molecule has 2 rings (SSSR count). The number of carboxylic acid groups (broad SMARTS) is 1. The summed E-state index contributed by atoms with van der Waals surface area (Å²) < 4.78 is 16.7. The molecule has 0 heterocycles. The summed E-state index contributed by atoms with van der Waals surface area (Å²) in [6, 6.07) is 16.0. The minimum absolute atomic E-state index is 0.0414. The van der Waals surface area contributed by atoms with E-state index in [9.17, 15) is 19.5 Å². The monoisotopic (exact) mass is 543 g/mol. The van der Waals surface area contributed by atoms with Gasteiger partial charge in [-0.15, -0.1) is 0 Å². The summed E-state index contributed by atoms with van der Waals surface area (Å²) in [5, 5.41) is 12.0. The summed E-state index contributed by atoms with van der Waals surface area (Å²) in [5.74, 6) is -2.15. The number of rotatable bonds is 13. The molecule has 0 aliphatic rings. The molecule has 2 N–H and O–H groups in total. The smallest absolute Gasteiger partial charge is 0.408 e. The van der Waals surface area contributed by atoms with Gasteiger partial charge in [0.1, 0.15) is 24.2 Å². The van der Waals surface area contributed by atoms with Crippen LogP contribution >= 0.6 is 0 Å².